The fourth-order valence-electron chi connectivity index (χ4n) is 7.75. The van der Waals surface area contributed by atoms with Gasteiger partial charge in [-0.1, -0.05) is 37.6 Å². The lowest BCUT2D eigenvalue weighted by atomic mass is 9.47. The number of alkyl halides is 3. The molecule has 4 rings (SSSR count). The number of fused-ring (bicyclic) bond motifs is 5. The van der Waals surface area contributed by atoms with E-state index >= 15 is 0 Å². The first-order chi connectivity index (χ1) is 12.1. The maximum Gasteiger partial charge on any atom is 0.392 e. The van der Waals surface area contributed by atoms with Crippen molar-refractivity contribution in [3.63, 3.8) is 0 Å². The van der Waals surface area contributed by atoms with Crippen LogP contribution in [-0.2, 0) is 0 Å². The van der Waals surface area contributed by atoms with Crippen molar-refractivity contribution in [1.82, 2.24) is 0 Å². The molecule has 0 spiro atoms. The summed E-state index contributed by atoms with van der Waals surface area (Å²) >= 11 is 0. The third-order valence-corrected chi connectivity index (χ3v) is 9.16. The van der Waals surface area contributed by atoms with Crippen molar-refractivity contribution in [2.75, 3.05) is 0 Å². The van der Waals surface area contributed by atoms with Gasteiger partial charge in [0, 0.05) is 0 Å². The molecule has 3 fully saturated rings. The minimum atomic E-state index is -4.04. The summed E-state index contributed by atoms with van der Waals surface area (Å²) in [5.74, 6) is 1.48. The summed E-state index contributed by atoms with van der Waals surface area (Å²) in [5.41, 5.74) is 2.83. The van der Waals surface area contributed by atoms with Gasteiger partial charge in [0.1, 0.15) is 0 Å². The average molecular weight is 367 g/mol. The predicted octanol–water partition coefficient (Wildman–Crippen LogP) is 7.32. The van der Waals surface area contributed by atoms with Gasteiger partial charge in [0.15, 0.2) is 0 Å². The lowest BCUT2D eigenvalue weighted by Gasteiger charge is -2.58. The molecule has 0 aromatic rings. The first kappa shape index (κ1) is 18.6. The highest BCUT2D eigenvalue weighted by molar-refractivity contribution is 5.26. The van der Waals surface area contributed by atoms with Gasteiger partial charge < -0.3 is 0 Å². The normalized spacial score (nSPS) is 48.2. The Balaban J connectivity index is 1.62. The van der Waals surface area contributed by atoms with Crippen LogP contribution in [-0.4, -0.2) is 6.18 Å². The van der Waals surface area contributed by atoms with Crippen LogP contribution in [0.15, 0.2) is 23.8 Å². The van der Waals surface area contributed by atoms with Gasteiger partial charge >= 0.3 is 6.18 Å². The molecule has 146 valence electrons. The topological polar surface area (TPSA) is 0 Å². The molecule has 0 aliphatic heterocycles. The first-order valence-corrected chi connectivity index (χ1v) is 10.5. The number of hydrogen-bond acceptors (Lipinski definition) is 0. The number of rotatable bonds is 1. The third-order valence-electron chi connectivity index (χ3n) is 9.16. The fourth-order valence-corrected chi connectivity index (χ4v) is 7.75. The Morgan fingerprint density at radius 1 is 1.08 bits per heavy atom. The Bertz CT molecular complexity index is 630. The van der Waals surface area contributed by atoms with Crippen LogP contribution in [0.5, 0.6) is 0 Å². The maximum atomic E-state index is 13.3. The summed E-state index contributed by atoms with van der Waals surface area (Å²) in [7, 11) is 0. The molecule has 0 radical (unpaired) electrons. The summed E-state index contributed by atoms with van der Waals surface area (Å²) in [4.78, 5) is 0. The number of hydrogen-bond donors (Lipinski definition) is 0. The lowest BCUT2D eigenvalue weighted by molar-refractivity contribution is -0.184. The Labute approximate surface area is 156 Å². The molecule has 0 nitrogen and oxygen atoms in total. The molecule has 0 aromatic heterocycles. The van der Waals surface area contributed by atoms with Gasteiger partial charge in [-0.05, 0) is 92.8 Å². The molecule has 0 heterocycles. The molecule has 0 N–H and O–H groups in total. The van der Waals surface area contributed by atoms with Crippen molar-refractivity contribution >= 4 is 0 Å². The van der Waals surface area contributed by atoms with Gasteiger partial charge in [-0.3, -0.25) is 0 Å². The molecule has 0 bridgehead atoms. The van der Waals surface area contributed by atoms with E-state index in [4.69, 9.17) is 0 Å². The van der Waals surface area contributed by atoms with Crippen molar-refractivity contribution in [1.29, 1.82) is 0 Å². The van der Waals surface area contributed by atoms with Crippen molar-refractivity contribution in [3.8, 4) is 0 Å². The van der Waals surface area contributed by atoms with E-state index in [1.54, 1.807) is 0 Å². The molecular weight excluding hydrogens is 333 g/mol. The summed E-state index contributed by atoms with van der Waals surface area (Å²) in [6, 6.07) is 0. The third kappa shape index (κ3) is 2.55. The molecule has 0 saturated heterocycles. The Kier molecular flexibility index (Phi) is 4.21. The average Bonchev–Trinajstić information content (AvgIpc) is 2.90. The number of halogens is 3. The first-order valence-electron chi connectivity index (χ1n) is 10.5. The zero-order valence-electron chi connectivity index (χ0n) is 16.5. The lowest BCUT2D eigenvalue weighted by Crippen LogP contribution is -2.50. The highest BCUT2D eigenvalue weighted by atomic mass is 19.4. The van der Waals surface area contributed by atoms with Crippen molar-refractivity contribution in [2.45, 2.75) is 78.3 Å². The van der Waals surface area contributed by atoms with E-state index in [1.807, 2.05) is 0 Å². The Morgan fingerprint density at radius 3 is 2.46 bits per heavy atom. The van der Waals surface area contributed by atoms with Crippen LogP contribution in [0.4, 0.5) is 13.2 Å². The summed E-state index contributed by atoms with van der Waals surface area (Å²) in [6.07, 6.45) is 5.43. The maximum absolute atomic E-state index is 13.3. The summed E-state index contributed by atoms with van der Waals surface area (Å²) < 4.78 is 39.8. The molecule has 3 heteroatoms. The molecule has 0 aromatic carbocycles. The van der Waals surface area contributed by atoms with Gasteiger partial charge in [-0.25, -0.2) is 0 Å². The minimum Gasteiger partial charge on any atom is -0.171 e. The van der Waals surface area contributed by atoms with E-state index in [2.05, 4.69) is 33.4 Å². The second-order valence-electron chi connectivity index (χ2n) is 10.3. The molecule has 4 aliphatic carbocycles. The standard InChI is InChI=1S/C23H33F3/c1-14(2)18-7-8-19-17-6-5-15-13-16(23(24,25)26)9-11-21(15,3)20(17)10-12-22(18,19)4/h5,16-20H,1,6-13H2,2-4H3. The van der Waals surface area contributed by atoms with Gasteiger partial charge in [0.05, 0.1) is 5.92 Å². The van der Waals surface area contributed by atoms with E-state index < -0.39 is 12.1 Å². The van der Waals surface area contributed by atoms with Gasteiger partial charge in [-0.2, -0.15) is 13.2 Å². The van der Waals surface area contributed by atoms with Gasteiger partial charge in [-0.15, -0.1) is 0 Å². The Morgan fingerprint density at radius 2 is 1.81 bits per heavy atom. The fraction of sp³-hybridized carbons (Fsp3) is 0.826. The smallest absolute Gasteiger partial charge is 0.171 e. The molecule has 7 atom stereocenters. The predicted molar refractivity (Wildman–Crippen MR) is 99.6 cm³/mol. The largest absolute Gasteiger partial charge is 0.392 e. The second kappa shape index (κ2) is 5.88. The summed E-state index contributed by atoms with van der Waals surface area (Å²) in [5, 5.41) is 0. The van der Waals surface area contributed by atoms with E-state index in [0.29, 0.717) is 29.6 Å². The van der Waals surface area contributed by atoms with Crippen LogP contribution in [0, 0.1) is 40.4 Å². The van der Waals surface area contributed by atoms with Crippen LogP contribution in [0.1, 0.15) is 72.1 Å². The van der Waals surface area contributed by atoms with E-state index in [1.165, 1.54) is 31.3 Å². The van der Waals surface area contributed by atoms with Gasteiger partial charge in [0.25, 0.3) is 0 Å². The molecule has 0 amide bonds. The van der Waals surface area contributed by atoms with Gasteiger partial charge in [0.2, 0.25) is 0 Å². The monoisotopic (exact) mass is 366 g/mol. The Hall–Kier alpha value is -0.730. The second-order valence-corrected chi connectivity index (χ2v) is 10.3. The van der Waals surface area contributed by atoms with E-state index in [-0.39, 0.29) is 11.8 Å². The zero-order chi connectivity index (χ0) is 18.9. The van der Waals surface area contributed by atoms with E-state index in [9.17, 15) is 13.2 Å². The van der Waals surface area contributed by atoms with Crippen molar-refractivity contribution in [3.05, 3.63) is 23.8 Å². The highest BCUT2D eigenvalue weighted by Gasteiger charge is 2.59. The van der Waals surface area contributed by atoms with Crippen molar-refractivity contribution in [2.24, 2.45) is 40.4 Å². The molecule has 7 unspecified atom stereocenters. The SMILES string of the molecule is C=C(C)C1CCC2C3CC=C4CC(C(F)(F)F)CCC4(C)C3CCC12C. The number of allylic oxidation sites excluding steroid dienone is 3. The molecular formula is C23H33F3. The molecule has 3 saturated carbocycles. The van der Waals surface area contributed by atoms with Crippen LogP contribution in [0.2, 0.25) is 0 Å². The van der Waals surface area contributed by atoms with E-state index in [0.717, 1.165) is 24.3 Å². The summed E-state index contributed by atoms with van der Waals surface area (Å²) in [6.45, 7) is 11.2. The zero-order valence-corrected chi connectivity index (χ0v) is 16.5. The minimum absolute atomic E-state index is 0.00725. The molecule has 4 aliphatic rings. The van der Waals surface area contributed by atoms with Crippen molar-refractivity contribution < 1.29 is 13.2 Å². The molecule has 26 heavy (non-hydrogen) atoms. The van der Waals surface area contributed by atoms with Crippen LogP contribution in [0.3, 0.4) is 0 Å². The van der Waals surface area contributed by atoms with Crippen LogP contribution >= 0.6 is 0 Å². The highest BCUT2D eigenvalue weighted by Crippen LogP contribution is 2.67. The van der Waals surface area contributed by atoms with Crippen LogP contribution in [0.25, 0.3) is 0 Å². The quantitative estimate of drug-likeness (QED) is 0.426. The van der Waals surface area contributed by atoms with Crippen LogP contribution < -0.4 is 0 Å².